The minimum Gasteiger partial charge on any atom is -0.513 e. The van der Waals surface area contributed by atoms with Crippen molar-refractivity contribution in [3.8, 4) is 0 Å². The predicted molar refractivity (Wildman–Crippen MR) is 207 cm³/mol. The van der Waals surface area contributed by atoms with E-state index >= 15 is 0 Å². The monoisotopic (exact) mass is 691 g/mol. The largest absolute Gasteiger partial charge is 0.513 e. The molecule has 6 rings (SSSR count). The zero-order chi connectivity index (χ0) is 36.9. The summed E-state index contributed by atoms with van der Waals surface area (Å²) in [7, 11) is 0. The molecule has 0 amide bonds. The fourth-order valence-corrected chi connectivity index (χ4v) is 14.9. The molecule has 5 heteroatoms. The zero-order valence-electron chi connectivity index (χ0n) is 33.4. The number of ether oxygens (including phenoxy) is 1. The summed E-state index contributed by atoms with van der Waals surface area (Å²) in [5.74, 6) is 3.15. The van der Waals surface area contributed by atoms with Crippen LogP contribution in [0, 0.1) is 56.2 Å². The van der Waals surface area contributed by atoms with E-state index in [9.17, 15) is 10.2 Å². The normalized spacial score (nSPS) is 45.1. The van der Waals surface area contributed by atoms with Crippen molar-refractivity contribution in [3.63, 3.8) is 0 Å². The van der Waals surface area contributed by atoms with Gasteiger partial charge in [-0.1, -0.05) is 80.4 Å². The molecule has 282 valence electrons. The van der Waals surface area contributed by atoms with Gasteiger partial charge in [-0.3, -0.25) is 0 Å². The van der Waals surface area contributed by atoms with E-state index in [1.807, 2.05) is 0 Å². The third-order valence-corrected chi connectivity index (χ3v) is 17.3. The van der Waals surface area contributed by atoms with Crippen LogP contribution in [0.3, 0.4) is 0 Å². The Morgan fingerprint density at radius 2 is 1.54 bits per heavy atom. The molecule has 0 aromatic rings. The summed E-state index contributed by atoms with van der Waals surface area (Å²) in [6, 6.07) is 0. The number of aliphatic hydroxyl groups excluding tert-OH is 2. The summed E-state index contributed by atoms with van der Waals surface area (Å²) in [4.78, 5) is 2.37. The minimum atomic E-state index is -0.245. The van der Waals surface area contributed by atoms with Crippen molar-refractivity contribution in [1.82, 2.24) is 4.90 Å². The van der Waals surface area contributed by atoms with Gasteiger partial charge in [-0.15, -0.1) is 0 Å². The Balaban J connectivity index is 1.26. The number of β-amino-alcohol motifs (C(OH)–C–C–N with tert-alkyl or cyclic N) is 1. The second-order valence-electron chi connectivity index (χ2n) is 21.0. The number of hydrogen-bond donors (Lipinski definition) is 3. The summed E-state index contributed by atoms with van der Waals surface area (Å²) in [6.07, 6.45) is 14.9. The third kappa shape index (κ3) is 5.68. The number of fused-ring (bicyclic) bond motifs is 7. The number of nitrogens with zero attached hydrogens (tertiary/aromatic N) is 1. The summed E-state index contributed by atoms with van der Waals surface area (Å²) in [6.45, 7) is 38.5. The molecule has 6 fully saturated rings. The highest BCUT2D eigenvalue weighted by Gasteiger charge is 2.75. The lowest BCUT2D eigenvalue weighted by Crippen LogP contribution is -2.76. The molecule has 5 saturated carbocycles. The number of likely N-dealkylation sites (tertiary alicyclic amines) is 1. The van der Waals surface area contributed by atoms with Crippen LogP contribution in [0.25, 0.3) is 0 Å². The lowest BCUT2D eigenvalue weighted by Gasteiger charge is -2.76. The van der Waals surface area contributed by atoms with E-state index in [0.29, 0.717) is 30.1 Å². The highest BCUT2D eigenvalue weighted by molar-refractivity contribution is 5.29. The molecule has 1 saturated heterocycles. The standard InChI is InChI=1S/C45H74N2O3/c1-29(2)34-13-20-44(25-30(3)47-24-17-33(49)28-47)23-22-43(12)42(11)19-14-35-40(8,9)37(50-32(5)27-39(6,7)26-31(4)48)16-18-41(35,10)36(42)15-21-45(43,46)38(34)44/h33-38,48-49H,1,3-5,13-28,46H2,2,6-12H3/t33?,34-,35-,36+,37?,38-,41-,42+,43-,44+,45?/m0/s1. The number of rotatable bonds is 10. The maximum absolute atomic E-state index is 10.3. The van der Waals surface area contributed by atoms with Crippen LogP contribution in [-0.4, -0.2) is 45.9 Å². The Morgan fingerprint density at radius 1 is 0.860 bits per heavy atom. The van der Waals surface area contributed by atoms with Crippen LogP contribution in [0.2, 0.25) is 0 Å². The lowest BCUT2D eigenvalue weighted by molar-refractivity contribution is -0.255. The molecule has 0 spiro atoms. The molecule has 0 radical (unpaired) electrons. The zero-order valence-corrected chi connectivity index (χ0v) is 33.4. The van der Waals surface area contributed by atoms with Gasteiger partial charge in [0, 0.05) is 42.6 Å². The van der Waals surface area contributed by atoms with Crippen LogP contribution in [0.4, 0.5) is 0 Å². The van der Waals surface area contributed by atoms with Gasteiger partial charge in [0.15, 0.2) is 0 Å². The van der Waals surface area contributed by atoms with Crippen LogP contribution in [0.15, 0.2) is 49.1 Å². The van der Waals surface area contributed by atoms with Crippen molar-refractivity contribution in [1.29, 1.82) is 0 Å². The molecule has 4 N–H and O–H groups in total. The van der Waals surface area contributed by atoms with Gasteiger partial charge in [-0.25, -0.2) is 0 Å². The van der Waals surface area contributed by atoms with E-state index < -0.39 is 0 Å². The first-order valence-electron chi connectivity index (χ1n) is 20.3. The molecule has 11 atom stereocenters. The molecule has 1 aliphatic heterocycles. The van der Waals surface area contributed by atoms with E-state index in [2.05, 4.69) is 86.6 Å². The molecule has 0 bridgehead atoms. The van der Waals surface area contributed by atoms with Gasteiger partial charge in [0.2, 0.25) is 0 Å². The first kappa shape index (κ1) is 38.0. The number of nitrogens with two attached hydrogens (primary N) is 1. The van der Waals surface area contributed by atoms with Crippen molar-refractivity contribution in [2.75, 3.05) is 13.1 Å². The Kier molecular flexibility index (Phi) is 9.45. The van der Waals surface area contributed by atoms with E-state index in [1.165, 1.54) is 62.6 Å². The molecule has 0 aromatic heterocycles. The minimum absolute atomic E-state index is 0.0296. The van der Waals surface area contributed by atoms with Crippen LogP contribution < -0.4 is 5.73 Å². The van der Waals surface area contributed by atoms with Crippen LogP contribution in [0.5, 0.6) is 0 Å². The average molecular weight is 691 g/mol. The molecule has 3 unspecified atom stereocenters. The molecule has 5 aliphatic carbocycles. The third-order valence-electron chi connectivity index (χ3n) is 17.3. The Labute approximate surface area is 306 Å². The SMILES string of the molecule is C=C(O)CC(C)(C)CC(=C)OC1CC[C@]2(C)[C@H]3CCC4(N)[C@H]5[C@H](C(=C)C)CC[C@]5(CC(=C)N5CCC(O)C5)CC[C@@]4(C)[C@]3(C)CC[C@H]2C1(C)C. The smallest absolute Gasteiger partial charge is 0.104 e. The topological polar surface area (TPSA) is 79.0 Å². The van der Waals surface area contributed by atoms with Gasteiger partial charge in [-0.05, 0) is 135 Å². The molecule has 1 heterocycles. The molecule has 50 heavy (non-hydrogen) atoms. The summed E-state index contributed by atoms with van der Waals surface area (Å²) in [5, 5.41) is 20.2. The summed E-state index contributed by atoms with van der Waals surface area (Å²) in [5.41, 5.74) is 11.0. The van der Waals surface area contributed by atoms with Crippen LogP contribution >= 0.6 is 0 Å². The van der Waals surface area contributed by atoms with E-state index in [0.717, 1.165) is 51.0 Å². The van der Waals surface area contributed by atoms with E-state index in [-0.39, 0.29) is 56.0 Å². The molecular weight excluding hydrogens is 617 g/mol. The van der Waals surface area contributed by atoms with Crippen molar-refractivity contribution >= 4 is 0 Å². The maximum atomic E-state index is 10.3. The van der Waals surface area contributed by atoms with E-state index in [4.69, 9.17) is 10.5 Å². The molecule has 0 aromatic carbocycles. The Hall–Kier alpha value is -1.72. The molecular formula is C45H74N2O3. The first-order chi connectivity index (χ1) is 23.1. The van der Waals surface area contributed by atoms with Crippen molar-refractivity contribution in [2.45, 2.75) is 163 Å². The van der Waals surface area contributed by atoms with Gasteiger partial charge in [-0.2, -0.15) is 0 Å². The van der Waals surface area contributed by atoms with Crippen LogP contribution in [-0.2, 0) is 4.74 Å². The quantitative estimate of drug-likeness (QED) is 0.157. The number of allylic oxidation sites excluding steroid dienone is 4. The van der Waals surface area contributed by atoms with Gasteiger partial charge < -0.3 is 25.6 Å². The number of hydrogen-bond acceptors (Lipinski definition) is 5. The Morgan fingerprint density at radius 3 is 2.16 bits per heavy atom. The fraction of sp³-hybridized carbons (Fsp3) is 0.822. The number of aliphatic hydroxyl groups is 2. The predicted octanol–water partition coefficient (Wildman–Crippen LogP) is 10.5. The van der Waals surface area contributed by atoms with Crippen molar-refractivity contribution in [3.05, 3.63) is 49.1 Å². The second kappa shape index (κ2) is 12.4. The van der Waals surface area contributed by atoms with Gasteiger partial charge in [0.25, 0.3) is 0 Å². The summed E-state index contributed by atoms with van der Waals surface area (Å²) < 4.78 is 6.81. The summed E-state index contributed by atoms with van der Waals surface area (Å²) >= 11 is 0. The van der Waals surface area contributed by atoms with Gasteiger partial charge in [0.1, 0.15) is 6.10 Å². The van der Waals surface area contributed by atoms with E-state index in [1.54, 1.807) is 0 Å². The highest BCUT2D eigenvalue weighted by Crippen LogP contribution is 2.78. The second-order valence-corrected chi connectivity index (χ2v) is 21.0. The molecule has 6 aliphatic rings. The van der Waals surface area contributed by atoms with Crippen LogP contribution in [0.1, 0.15) is 145 Å². The van der Waals surface area contributed by atoms with Gasteiger partial charge >= 0.3 is 0 Å². The average Bonchev–Trinajstić information content (AvgIpc) is 3.60. The van der Waals surface area contributed by atoms with Gasteiger partial charge in [0.05, 0.1) is 17.6 Å². The maximum Gasteiger partial charge on any atom is 0.104 e. The highest BCUT2D eigenvalue weighted by atomic mass is 16.5. The first-order valence-corrected chi connectivity index (χ1v) is 20.3. The Bertz CT molecular complexity index is 1400. The van der Waals surface area contributed by atoms with Crippen molar-refractivity contribution in [2.24, 2.45) is 61.9 Å². The van der Waals surface area contributed by atoms with Crippen molar-refractivity contribution < 1.29 is 14.9 Å². The lowest BCUT2D eigenvalue weighted by atomic mass is 9.30. The molecule has 5 nitrogen and oxygen atoms in total. The fourth-order valence-electron chi connectivity index (χ4n) is 14.9.